The third-order valence-corrected chi connectivity index (χ3v) is 4.29. The Morgan fingerprint density at radius 2 is 2.00 bits per heavy atom. The fourth-order valence-electron chi connectivity index (χ4n) is 2.85. The number of fused-ring (bicyclic) bond motifs is 2. The standard InChI is InChI=1S/C12H22N2OS.ClH/c1-16-6-2-3-12(15)14-11-7-9-4-5-10(8-11)13-9;/h9-11,13H,2-8H2,1H3,(H,14,15);1H. The fraction of sp³-hybridized carbons (Fsp3) is 0.917. The average molecular weight is 279 g/mol. The van der Waals surface area contributed by atoms with Crippen LogP contribution >= 0.6 is 24.2 Å². The third kappa shape index (κ3) is 4.68. The van der Waals surface area contributed by atoms with Gasteiger partial charge in [-0.3, -0.25) is 4.79 Å². The molecule has 2 heterocycles. The van der Waals surface area contributed by atoms with E-state index in [0.717, 1.165) is 25.0 Å². The number of piperidine rings is 1. The van der Waals surface area contributed by atoms with Crippen LogP contribution in [0.3, 0.4) is 0 Å². The van der Waals surface area contributed by atoms with E-state index in [1.54, 1.807) is 0 Å². The summed E-state index contributed by atoms with van der Waals surface area (Å²) < 4.78 is 0. The first kappa shape index (κ1) is 15.1. The number of rotatable bonds is 5. The number of nitrogens with one attached hydrogen (secondary N) is 2. The molecule has 2 N–H and O–H groups in total. The van der Waals surface area contributed by atoms with Crippen LogP contribution in [0.5, 0.6) is 0 Å². The Labute approximate surface area is 114 Å². The number of carbonyl (C=O) groups is 1. The summed E-state index contributed by atoms with van der Waals surface area (Å²) in [5, 5.41) is 6.78. The summed E-state index contributed by atoms with van der Waals surface area (Å²) in [6.07, 6.45) is 8.63. The van der Waals surface area contributed by atoms with E-state index in [9.17, 15) is 4.79 Å². The highest BCUT2D eigenvalue weighted by Crippen LogP contribution is 2.26. The molecule has 2 bridgehead atoms. The summed E-state index contributed by atoms with van der Waals surface area (Å²) in [7, 11) is 0. The van der Waals surface area contributed by atoms with Crippen molar-refractivity contribution < 1.29 is 4.79 Å². The fourth-order valence-corrected chi connectivity index (χ4v) is 3.29. The topological polar surface area (TPSA) is 41.1 Å². The van der Waals surface area contributed by atoms with Gasteiger partial charge in [-0.1, -0.05) is 0 Å². The van der Waals surface area contributed by atoms with Gasteiger partial charge in [0.1, 0.15) is 0 Å². The van der Waals surface area contributed by atoms with Gasteiger partial charge in [0.25, 0.3) is 0 Å². The SMILES string of the molecule is CSCCCC(=O)NC1CC2CCC(C1)N2.Cl. The molecule has 17 heavy (non-hydrogen) atoms. The van der Waals surface area contributed by atoms with Gasteiger partial charge in [0, 0.05) is 24.5 Å². The molecule has 1 amide bonds. The van der Waals surface area contributed by atoms with Gasteiger partial charge in [0.2, 0.25) is 5.91 Å². The highest BCUT2D eigenvalue weighted by atomic mass is 35.5. The summed E-state index contributed by atoms with van der Waals surface area (Å²) in [6, 6.07) is 1.76. The van der Waals surface area contributed by atoms with Crippen molar-refractivity contribution >= 4 is 30.1 Å². The van der Waals surface area contributed by atoms with Crippen molar-refractivity contribution in [3.05, 3.63) is 0 Å². The third-order valence-electron chi connectivity index (χ3n) is 3.59. The number of amides is 1. The van der Waals surface area contributed by atoms with Crippen LogP contribution in [0.25, 0.3) is 0 Å². The van der Waals surface area contributed by atoms with E-state index < -0.39 is 0 Å². The molecule has 2 atom stereocenters. The minimum Gasteiger partial charge on any atom is -0.353 e. The molecule has 2 unspecified atom stereocenters. The molecule has 0 radical (unpaired) electrons. The number of thioether (sulfide) groups is 1. The van der Waals surface area contributed by atoms with Crippen LogP contribution in [0, 0.1) is 0 Å². The van der Waals surface area contributed by atoms with E-state index in [0.29, 0.717) is 24.5 Å². The quantitative estimate of drug-likeness (QED) is 0.756. The number of halogens is 1. The molecule has 100 valence electrons. The molecular formula is C12H23ClN2OS. The van der Waals surface area contributed by atoms with Crippen molar-refractivity contribution in [1.82, 2.24) is 10.6 Å². The van der Waals surface area contributed by atoms with E-state index in [1.165, 1.54) is 12.8 Å². The smallest absolute Gasteiger partial charge is 0.220 e. The number of carbonyl (C=O) groups excluding carboxylic acids is 1. The normalized spacial score (nSPS) is 30.8. The van der Waals surface area contributed by atoms with Crippen LogP contribution in [0.15, 0.2) is 0 Å². The maximum Gasteiger partial charge on any atom is 0.220 e. The van der Waals surface area contributed by atoms with Crippen molar-refractivity contribution in [2.75, 3.05) is 12.0 Å². The number of hydrogen-bond acceptors (Lipinski definition) is 3. The van der Waals surface area contributed by atoms with Crippen molar-refractivity contribution in [2.45, 2.75) is 56.7 Å². The Hall–Kier alpha value is 0.0700. The van der Waals surface area contributed by atoms with Crippen LogP contribution in [0.1, 0.15) is 38.5 Å². The lowest BCUT2D eigenvalue weighted by Crippen LogP contribution is -2.48. The predicted octanol–water partition coefficient (Wildman–Crippen LogP) is 1.95. The molecule has 0 aliphatic carbocycles. The van der Waals surface area contributed by atoms with E-state index in [4.69, 9.17) is 0 Å². The van der Waals surface area contributed by atoms with Gasteiger partial charge in [-0.15, -0.1) is 12.4 Å². The van der Waals surface area contributed by atoms with Crippen molar-refractivity contribution in [1.29, 1.82) is 0 Å². The summed E-state index contributed by atoms with van der Waals surface area (Å²) in [5.41, 5.74) is 0. The zero-order chi connectivity index (χ0) is 11.4. The summed E-state index contributed by atoms with van der Waals surface area (Å²) in [6.45, 7) is 0. The second-order valence-corrected chi connectivity index (χ2v) is 5.96. The van der Waals surface area contributed by atoms with Gasteiger partial charge in [0.15, 0.2) is 0 Å². The van der Waals surface area contributed by atoms with Crippen LogP contribution in [-0.4, -0.2) is 36.0 Å². The first-order valence-electron chi connectivity index (χ1n) is 6.32. The highest BCUT2D eigenvalue weighted by molar-refractivity contribution is 7.98. The molecule has 0 spiro atoms. The maximum absolute atomic E-state index is 11.7. The average Bonchev–Trinajstić information content (AvgIpc) is 2.58. The van der Waals surface area contributed by atoms with E-state index in [-0.39, 0.29) is 18.3 Å². The molecular weight excluding hydrogens is 256 g/mol. The molecule has 0 aromatic heterocycles. The second-order valence-electron chi connectivity index (χ2n) is 4.97. The number of hydrogen-bond donors (Lipinski definition) is 2. The zero-order valence-corrected chi connectivity index (χ0v) is 12.0. The zero-order valence-electron chi connectivity index (χ0n) is 10.4. The van der Waals surface area contributed by atoms with E-state index in [1.807, 2.05) is 11.8 Å². The van der Waals surface area contributed by atoms with E-state index in [2.05, 4.69) is 16.9 Å². The molecule has 2 aliphatic rings. The van der Waals surface area contributed by atoms with Gasteiger partial charge in [-0.2, -0.15) is 11.8 Å². The lowest BCUT2D eigenvalue weighted by Gasteiger charge is -2.29. The Morgan fingerprint density at radius 1 is 1.35 bits per heavy atom. The van der Waals surface area contributed by atoms with Gasteiger partial charge in [-0.05, 0) is 44.1 Å². The minimum absolute atomic E-state index is 0. The van der Waals surface area contributed by atoms with Crippen molar-refractivity contribution in [2.24, 2.45) is 0 Å². The lowest BCUT2D eigenvalue weighted by molar-refractivity contribution is -0.122. The molecule has 0 saturated carbocycles. The highest BCUT2D eigenvalue weighted by Gasteiger charge is 2.33. The lowest BCUT2D eigenvalue weighted by atomic mass is 10.00. The summed E-state index contributed by atoms with van der Waals surface area (Å²) in [5.74, 6) is 1.34. The van der Waals surface area contributed by atoms with Crippen LogP contribution in [0.2, 0.25) is 0 Å². The Kier molecular flexibility index (Phi) is 6.67. The molecule has 0 aromatic rings. The largest absolute Gasteiger partial charge is 0.353 e. The van der Waals surface area contributed by atoms with E-state index >= 15 is 0 Å². The first-order valence-corrected chi connectivity index (χ1v) is 7.71. The summed E-state index contributed by atoms with van der Waals surface area (Å²) >= 11 is 1.81. The Balaban J connectivity index is 0.00000144. The Morgan fingerprint density at radius 3 is 2.59 bits per heavy atom. The summed E-state index contributed by atoms with van der Waals surface area (Å²) in [4.78, 5) is 11.7. The minimum atomic E-state index is 0. The van der Waals surface area contributed by atoms with Crippen molar-refractivity contribution in [3.63, 3.8) is 0 Å². The molecule has 2 aliphatic heterocycles. The molecule has 3 nitrogen and oxygen atoms in total. The van der Waals surface area contributed by atoms with Gasteiger partial charge in [-0.25, -0.2) is 0 Å². The van der Waals surface area contributed by atoms with Gasteiger partial charge in [0.05, 0.1) is 0 Å². The second kappa shape index (κ2) is 7.49. The first-order chi connectivity index (χ1) is 7.78. The van der Waals surface area contributed by atoms with Crippen LogP contribution in [-0.2, 0) is 4.79 Å². The molecule has 0 aromatic carbocycles. The van der Waals surface area contributed by atoms with Gasteiger partial charge >= 0.3 is 0 Å². The molecule has 2 rings (SSSR count). The maximum atomic E-state index is 11.7. The van der Waals surface area contributed by atoms with Crippen molar-refractivity contribution in [3.8, 4) is 0 Å². The van der Waals surface area contributed by atoms with Gasteiger partial charge < -0.3 is 10.6 Å². The molecule has 2 fully saturated rings. The van der Waals surface area contributed by atoms with Crippen LogP contribution in [0.4, 0.5) is 0 Å². The monoisotopic (exact) mass is 278 g/mol. The predicted molar refractivity (Wildman–Crippen MR) is 76.0 cm³/mol. The molecule has 2 saturated heterocycles. The molecule has 5 heteroatoms. The Bertz CT molecular complexity index is 241. The van der Waals surface area contributed by atoms with Crippen LogP contribution < -0.4 is 10.6 Å².